The minimum Gasteiger partial charge on any atom is -0.367 e. The number of urea groups is 1. The van der Waals surface area contributed by atoms with Crippen LogP contribution < -0.4 is 27.4 Å². The molecule has 0 bridgehead atoms. The molecule has 1 heterocycles. The number of carbonyl (C=O) groups excluding carboxylic acids is 2. The van der Waals surface area contributed by atoms with Gasteiger partial charge in [0.1, 0.15) is 5.00 Å². The van der Waals surface area contributed by atoms with Gasteiger partial charge in [0.2, 0.25) is 0 Å². The minimum atomic E-state index is -0.732. The highest BCUT2D eigenvalue weighted by Gasteiger charge is 2.20. The van der Waals surface area contributed by atoms with Crippen molar-refractivity contribution < 1.29 is 9.59 Å². The zero-order chi connectivity index (χ0) is 25.5. The van der Waals surface area contributed by atoms with E-state index in [-0.39, 0.29) is 11.6 Å². The average Bonchev–Trinajstić information content (AvgIpc) is 3.52. The second kappa shape index (κ2) is 12.1. The maximum absolute atomic E-state index is 11.8. The maximum atomic E-state index is 11.8. The summed E-state index contributed by atoms with van der Waals surface area (Å²) in [5.41, 5.74) is 20.8. The van der Waals surface area contributed by atoms with E-state index in [1.54, 1.807) is 6.07 Å². The van der Waals surface area contributed by atoms with Crippen molar-refractivity contribution in [3.63, 3.8) is 0 Å². The lowest BCUT2D eigenvalue weighted by Gasteiger charge is -2.27. The average molecular weight is 506 g/mol. The van der Waals surface area contributed by atoms with Crippen LogP contribution >= 0.6 is 11.3 Å². The van der Waals surface area contributed by atoms with Crippen LogP contribution in [0.5, 0.6) is 0 Å². The Bertz CT molecular complexity index is 1160. The van der Waals surface area contributed by atoms with Crippen molar-refractivity contribution in [1.29, 1.82) is 0 Å². The SMILES string of the molecule is NC(=O)Nc1sc(-c2ccc(N(CC[C@@H](N)CC3CCCC3)Cc3ccccc3)cc2)cc1C(N)=O. The van der Waals surface area contributed by atoms with Gasteiger partial charge < -0.3 is 22.1 Å². The van der Waals surface area contributed by atoms with Crippen LogP contribution in [0, 0.1) is 5.92 Å². The van der Waals surface area contributed by atoms with Gasteiger partial charge in [-0.15, -0.1) is 11.3 Å². The van der Waals surface area contributed by atoms with Crippen molar-refractivity contribution in [2.45, 2.75) is 51.1 Å². The molecule has 1 saturated carbocycles. The summed E-state index contributed by atoms with van der Waals surface area (Å²) in [6.07, 6.45) is 7.38. The number of rotatable bonds is 11. The number of anilines is 2. The molecule has 0 saturated heterocycles. The highest BCUT2D eigenvalue weighted by molar-refractivity contribution is 7.20. The van der Waals surface area contributed by atoms with Crippen molar-refractivity contribution in [3.8, 4) is 10.4 Å². The van der Waals surface area contributed by atoms with Crippen LogP contribution in [-0.4, -0.2) is 24.5 Å². The summed E-state index contributed by atoms with van der Waals surface area (Å²) < 4.78 is 0. The van der Waals surface area contributed by atoms with Crippen LogP contribution in [0.3, 0.4) is 0 Å². The number of nitrogens with one attached hydrogen (secondary N) is 1. The molecule has 0 aliphatic heterocycles. The first-order valence-corrected chi connectivity index (χ1v) is 13.4. The molecule has 1 aromatic heterocycles. The molecule has 190 valence electrons. The van der Waals surface area contributed by atoms with Crippen molar-refractivity contribution in [2.24, 2.45) is 23.1 Å². The smallest absolute Gasteiger partial charge is 0.317 e. The summed E-state index contributed by atoms with van der Waals surface area (Å²) in [7, 11) is 0. The van der Waals surface area contributed by atoms with Crippen molar-refractivity contribution in [2.75, 3.05) is 16.8 Å². The summed E-state index contributed by atoms with van der Waals surface area (Å²) >= 11 is 1.27. The molecule has 0 spiro atoms. The van der Waals surface area contributed by atoms with E-state index in [9.17, 15) is 9.59 Å². The Morgan fingerprint density at radius 1 is 1.03 bits per heavy atom. The fraction of sp³-hybridized carbons (Fsp3) is 0.357. The fourth-order valence-electron chi connectivity index (χ4n) is 4.97. The predicted octanol–water partition coefficient (Wildman–Crippen LogP) is 5.31. The Balaban J connectivity index is 1.50. The van der Waals surface area contributed by atoms with E-state index in [0.29, 0.717) is 5.00 Å². The third kappa shape index (κ3) is 6.86. The van der Waals surface area contributed by atoms with E-state index >= 15 is 0 Å². The second-order valence-corrected chi connectivity index (χ2v) is 10.6. The van der Waals surface area contributed by atoms with Gasteiger partial charge in [0.15, 0.2) is 0 Å². The van der Waals surface area contributed by atoms with Crippen molar-refractivity contribution in [1.82, 2.24) is 0 Å². The topological polar surface area (TPSA) is 127 Å². The van der Waals surface area contributed by atoms with E-state index in [1.165, 1.54) is 42.6 Å². The lowest BCUT2D eigenvalue weighted by atomic mass is 9.97. The van der Waals surface area contributed by atoms with Crippen LogP contribution in [0.15, 0.2) is 60.7 Å². The summed E-state index contributed by atoms with van der Waals surface area (Å²) in [5, 5.41) is 2.85. The van der Waals surface area contributed by atoms with Gasteiger partial charge in [-0.05, 0) is 48.1 Å². The van der Waals surface area contributed by atoms with Gasteiger partial charge >= 0.3 is 6.03 Å². The van der Waals surface area contributed by atoms with Gasteiger partial charge in [-0.25, -0.2) is 4.79 Å². The molecule has 0 unspecified atom stereocenters. The standard InChI is InChI=1S/C28H35N5O2S/c29-22(16-19-6-4-5-7-19)14-15-33(18-20-8-2-1-3-9-20)23-12-10-21(11-13-23)25-17-24(26(30)34)27(36-25)32-28(31)35/h1-3,8-13,17,19,22H,4-7,14-16,18,29H2,(H2,30,34)(H3,31,32,35)/t22-/m1/s1. The lowest BCUT2D eigenvalue weighted by molar-refractivity contribution is 0.100. The highest BCUT2D eigenvalue weighted by atomic mass is 32.1. The van der Waals surface area contributed by atoms with Crippen LogP contribution in [0.1, 0.15) is 54.4 Å². The molecule has 0 radical (unpaired) electrons. The van der Waals surface area contributed by atoms with E-state index in [2.05, 4.69) is 46.6 Å². The maximum Gasteiger partial charge on any atom is 0.317 e. The first kappa shape index (κ1) is 25.7. The molecular weight excluding hydrogens is 470 g/mol. The van der Waals surface area contributed by atoms with E-state index < -0.39 is 11.9 Å². The number of nitrogens with zero attached hydrogens (tertiary/aromatic N) is 1. The molecule has 8 heteroatoms. The van der Waals surface area contributed by atoms with Gasteiger partial charge in [-0.3, -0.25) is 10.1 Å². The molecular formula is C28H35N5O2S. The first-order valence-electron chi connectivity index (χ1n) is 12.5. The Morgan fingerprint density at radius 2 is 1.72 bits per heavy atom. The molecule has 3 aromatic rings. The van der Waals surface area contributed by atoms with Gasteiger partial charge in [0, 0.05) is 29.7 Å². The largest absolute Gasteiger partial charge is 0.367 e. The predicted molar refractivity (Wildman–Crippen MR) is 148 cm³/mol. The summed E-state index contributed by atoms with van der Waals surface area (Å²) in [6, 6.07) is 19.8. The van der Waals surface area contributed by atoms with Gasteiger partial charge in [0.25, 0.3) is 5.91 Å². The van der Waals surface area contributed by atoms with Gasteiger partial charge in [-0.2, -0.15) is 0 Å². The van der Waals surface area contributed by atoms with Crippen molar-refractivity contribution in [3.05, 3.63) is 71.8 Å². The quantitative estimate of drug-likeness (QED) is 0.282. The van der Waals surface area contributed by atoms with E-state index in [1.807, 2.05) is 18.2 Å². The first-order chi connectivity index (χ1) is 17.4. The fourth-order valence-corrected chi connectivity index (χ4v) is 6.05. The van der Waals surface area contributed by atoms with Gasteiger partial charge in [0.05, 0.1) is 5.56 Å². The number of hydrogen-bond acceptors (Lipinski definition) is 5. The molecule has 3 amide bonds. The zero-order valence-corrected chi connectivity index (χ0v) is 21.3. The Kier molecular flexibility index (Phi) is 8.61. The number of primary amides is 2. The highest BCUT2D eigenvalue weighted by Crippen LogP contribution is 2.36. The molecule has 7 N–H and O–H groups in total. The summed E-state index contributed by atoms with van der Waals surface area (Å²) in [4.78, 5) is 26.3. The summed E-state index contributed by atoms with van der Waals surface area (Å²) in [5.74, 6) is 0.174. The Hall–Kier alpha value is -3.36. The molecule has 1 aliphatic rings. The lowest BCUT2D eigenvalue weighted by Crippen LogP contribution is -2.31. The molecule has 2 aromatic carbocycles. The Labute approximate surface area is 216 Å². The van der Waals surface area contributed by atoms with E-state index in [0.717, 1.165) is 48.0 Å². The minimum absolute atomic E-state index is 0.208. The molecule has 1 fully saturated rings. The van der Waals surface area contributed by atoms with Crippen LogP contribution in [0.25, 0.3) is 10.4 Å². The van der Waals surface area contributed by atoms with Crippen molar-refractivity contribution >= 4 is 34.0 Å². The number of amides is 3. The molecule has 4 rings (SSSR count). The third-order valence-electron chi connectivity index (χ3n) is 6.85. The van der Waals surface area contributed by atoms with Crippen LogP contribution in [0.4, 0.5) is 15.5 Å². The number of nitrogens with two attached hydrogens (primary N) is 3. The number of benzene rings is 2. The number of hydrogen-bond donors (Lipinski definition) is 4. The third-order valence-corrected chi connectivity index (χ3v) is 7.95. The van der Waals surface area contributed by atoms with E-state index in [4.69, 9.17) is 17.2 Å². The number of thiophene rings is 1. The zero-order valence-electron chi connectivity index (χ0n) is 20.5. The van der Waals surface area contributed by atoms with Crippen LogP contribution in [0.2, 0.25) is 0 Å². The normalized spacial score (nSPS) is 14.5. The van der Waals surface area contributed by atoms with Crippen LogP contribution in [-0.2, 0) is 6.54 Å². The molecule has 36 heavy (non-hydrogen) atoms. The monoisotopic (exact) mass is 505 g/mol. The second-order valence-electron chi connectivity index (χ2n) is 9.60. The molecule has 1 atom stereocenters. The van der Waals surface area contributed by atoms with Gasteiger partial charge in [-0.1, -0.05) is 68.1 Å². The number of carbonyl (C=O) groups is 2. The summed E-state index contributed by atoms with van der Waals surface area (Å²) in [6.45, 7) is 1.67. The Morgan fingerprint density at radius 3 is 2.36 bits per heavy atom. The molecule has 1 aliphatic carbocycles. The molecule has 7 nitrogen and oxygen atoms in total.